The number of benzene rings is 1. The molecule has 4 nitrogen and oxygen atoms in total. The minimum Gasteiger partial charge on any atom is -0.397 e. The second kappa shape index (κ2) is 5.52. The van der Waals surface area contributed by atoms with Gasteiger partial charge in [0.1, 0.15) is 0 Å². The van der Waals surface area contributed by atoms with Crippen LogP contribution >= 0.6 is 11.8 Å². The van der Waals surface area contributed by atoms with E-state index in [0.29, 0.717) is 17.3 Å². The maximum absolute atomic E-state index is 11.5. The highest BCUT2D eigenvalue weighted by Gasteiger charge is 2.21. The number of amides is 1. The Morgan fingerprint density at radius 3 is 2.94 bits per heavy atom. The number of hydrogen-bond donors (Lipinski definition) is 2. The molecule has 0 aliphatic carbocycles. The van der Waals surface area contributed by atoms with Gasteiger partial charge < -0.3 is 16.0 Å². The zero-order valence-electron chi connectivity index (χ0n) is 10.8. The molecule has 1 atom stereocenters. The van der Waals surface area contributed by atoms with Crippen molar-refractivity contribution in [2.75, 3.05) is 35.7 Å². The third-order valence-electron chi connectivity index (χ3n) is 3.19. The summed E-state index contributed by atoms with van der Waals surface area (Å²) in [5, 5.41) is 2.60. The Hall–Kier alpha value is -1.36. The fraction of sp³-hybridized carbons (Fsp3) is 0.462. The van der Waals surface area contributed by atoms with Crippen LogP contribution < -0.4 is 16.0 Å². The van der Waals surface area contributed by atoms with E-state index >= 15 is 0 Å². The SMILES string of the molecule is CNC(=O)c1ccc(N2CCSCC2C)c(N)c1. The Morgan fingerprint density at radius 2 is 2.33 bits per heavy atom. The number of nitrogens with zero attached hydrogens (tertiary/aromatic N) is 1. The Morgan fingerprint density at radius 1 is 1.56 bits per heavy atom. The number of nitrogens with two attached hydrogens (primary N) is 1. The molecule has 2 rings (SSSR count). The molecule has 3 N–H and O–H groups in total. The third-order valence-corrected chi connectivity index (χ3v) is 4.38. The second-order valence-corrected chi connectivity index (χ2v) is 5.62. The van der Waals surface area contributed by atoms with Crippen molar-refractivity contribution in [3.63, 3.8) is 0 Å². The molecule has 1 aliphatic rings. The molecular formula is C13H19N3OS. The van der Waals surface area contributed by atoms with Crippen molar-refractivity contribution >= 4 is 29.0 Å². The fourth-order valence-corrected chi connectivity index (χ4v) is 3.20. The molecule has 1 amide bonds. The summed E-state index contributed by atoms with van der Waals surface area (Å²) in [4.78, 5) is 13.9. The van der Waals surface area contributed by atoms with Crippen LogP contribution in [0.3, 0.4) is 0 Å². The maximum atomic E-state index is 11.5. The first-order valence-corrected chi connectivity index (χ1v) is 7.25. The van der Waals surface area contributed by atoms with Crippen LogP contribution in [0.15, 0.2) is 18.2 Å². The van der Waals surface area contributed by atoms with E-state index in [2.05, 4.69) is 17.1 Å². The van der Waals surface area contributed by atoms with Crippen molar-refractivity contribution in [3.8, 4) is 0 Å². The number of rotatable bonds is 2. The molecule has 0 saturated carbocycles. The average molecular weight is 265 g/mol. The fourth-order valence-electron chi connectivity index (χ4n) is 2.19. The molecule has 1 saturated heterocycles. The van der Waals surface area contributed by atoms with Crippen molar-refractivity contribution < 1.29 is 4.79 Å². The normalized spacial score (nSPS) is 19.7. The topological polar surface area (TPSA) is 58.4 Å². The summed E-state index contributed by atoms with van der Waals surface area (Å²) in [7, 11) is 1.62. The first-order chi connectivity index (χ1) is 8.63. The molecule has 0 radical (unpaired) electrons. The minimum atomic E-state index is -0.101. The van der Waals surface area contributed by atoms with Gasteiger partial charge in [0.2, 0.25) is 0 Å². The van der Waals surface area contributed by atoms with Gasteiger partial charge in [-0.15, -0.1) is 0 Å². The first-order valence-electron chi connectivity index (χ1n) is 6.09. The van der Waals surface area contributed by atoms with Gasteiger partial charge in [-0.25, -0.2) is 0 Å². The van der Waals surface area contributed by atoms with Crippen LogP contribution in [0.1, 0.15) is 17.3 Å². The van der Waals surface area contributed by atoms with Crippen molar-refractivity contribution in [2.24, 2.45) is 0 Å². The maximum Gasteiger partial charge on any atom is 0.251 e. The Bertz CT molecular complexity index is 450. The zero-order valence-corrected chi connectivity index (χ0v) is 11.6. The molecule has 1 aromatic carbocycles. The van der Waals surface area contributed by atoms with Crippen LogP contribution in [0.4, 0.5) is 11.4 Å². The molecule has 98 valence electrons. The summed E-state index contributed by atoms with van der Waals surface area (Å²) >= 11 is 1.97. The van der Waals surface area contributed by atoms with Gasteiger partial charge in [0.05, 0.1) is 11.4 Å². The standard InChI is InChI=1S/C13H19N3OS/c1-9-8-18-6-5-16(9)12-4-3-10(7-11(12)14)13(17)15-2/h3-4,7,9H,5-6,8,14H2,1-2H3,(H,15,17). The molecule has 1 aromatic rings. The van der Waals surface area contributed by atoms with E-state index in [1.807, 2.05) is 23.9 Å². The first kappa shape index (κ1) is 13.1. The molecule has 1 heterocycles. The van der Waals surface area contributed by atoms with Gasteiger partial charge in [0.15, 0.2) is 0 Å². The number of nitrogen functional groups attached to an aromatic ring is 1. The van der Waals surface area contributed by atoms with Gasteiger partial charge >= 0.3 is 0 Å². The van der Waals surface area contributed by atoms with E-state index in [9.17, 15) is 4.79 Å². The molecule has 0 aromatic heterocycles. The highest BCUT2D eigenvalue weighted by molar-refractivity contribution is 7.99. The zero-order chi connectivity index (χ0) is 13.1. The lowest BCUT2D eigenvalue weighted by atomic mass is 10.1. The summed E-state index contributed by atoms with van der Waals surface area (Å²) in [5.74, 6) is 2.15. The summed E-state index contributed by atoms with van der Waals surface area (Å²) in [6.07, 6.45) is 0. The molecule has 0 spiro atoms. The lowest BCUT2D eigenvalue weighted by Gasteiger charge is -2.35. The van der Waals surface area contributed by atoms with E-state index < -0.39 is 0 Å². The van der Waals surface area contributed by atoms with Crippen LogP contribution in [0, 0.1) is 0 Å². The molecule has 18 heavy (non-hydrogen) atoms. The lowest BCUT2D eigenvalue weighted by molar-refractivity contribution is 0.0963. The Balaban J connectivity index is 2.26. The van der Waals surface area contributed by atoms with Crippen LogP contribution in [-0.4, -0.2) is 37.0 Å². The highest BCUT2D eigenvalue weighted by atomic mass is 32.2. The number of carbonyl (C=O) groups is 1. The molecule has 1 fully saturated rings. The quantitative estimate of drug-likeness (QED) is 0.797. The number of nitrogens with one attached hydrogen (secondary N) is 1. The van der Waals surface area contributed by atoms with E-state index in [1.54, 1.807) is 13.1 Å². The smallest absolute Gasteiger partial charge is 0.251 e. The van der Waals surface area contributed by atoms with Gasteiger partial charge in [-0.3, -0.25) is 4.79 Å². The number of carbonyl (C=O) groups excluding carboxylic acids is 1. The van der Waals surface area contributed by atoms with Gasteiger partial charge in [-0.05, 0) is 25.1 Å². The molecule has 5 heteroatoms. The Labute approximate surface area is 112 Å². The molecule has 0 bridgehead atoms. The minimum absolute atomic E-state index is 0.101. The van der Waals surface area contributed by atoms with Crippen LogP contribution in [0.5, 0.6) is 0 Å². The number of hydrogen-bond acceptors (Lipinski definition) is 4. The predicted molar refractivity (Wildman–Crippen MR) is 78.4 cm³/mol. The van der Waals surface area contributed by atoms with Crippen molar-refractivity contribution in [1.82, 2.24) is 5.32 Å². The van der Waals surface area contributed by atoms with Gasteiger partial charge in [0.25, 0.3) is 5.91 Å². The van der Waals surface area contributed by atoms with Gasteiger partial charge in [-0.1, -0.05) is 0 Å². The monoisotopic (exact) mass is 265 g/mol. The van der Waals surface area contributed by atoms with Crippen LogP contribution in [0.25, 0.3) is 0 Å². The van der Waals surface area contributed by atoms with Crippen molar-refractivity contribution in [2.45, 2.75) is 13.0 Å². The van der Waals surface area contributed by atoms with E-state index in [0.717, 1.165) is 23.7 Å². The summed E-state index contributed by atoms with van der Waals surface area (Å²) in [6, 6.07) is 6.02. The third kappa shape index (κ3) is 2.56. The molecule has 1 unspecified atom stereocenters. The summed E-state index contributed by atoms with van der Waals surface area (Å²) < 4.78 is 0. The van der Waals surface area contributed by atoms with Crippen LogP contribution in [-0.2, 0) is 0 Å². The van der Waals surface area contributed by atoms with E-state index in [1.165, 1.54) is 0 Å². The molecule has 1 aliphatic heterocycles. The highest BCUT2D eigenvalue weighted by Crippen LogP contribution is 2.29. The van der Waals surface area contributed by atoms with Crippen molar-refractivity contribution in [1.29, 1.82) is 0 Å². The van der Waals surface area contributed by atoms with Gasteiger partial charge in [0, 0.05) is 36.7 Å². The van der Waals surface area contributed by atoms with E-state index in [4.69, 9.17) is 5.73 Å². The Kier molecular flexibility index (Phi) is 4.01. The van der Waals surface area contributed by atoms with Gasteiger partial charge in [-0.2, -0.15) is 11.8 Å². The summed E-state index contributed by atoms with van der Waals surface area (Å²) in [5.41, 5.74) is 8.40. The lowest BCUT2D eigenvalue weighted by Crippen LogP contribution is -2.40. The van der Waals surface area contributed by atoms with Crippen LogP contribution in [0.2, 0.25) is 0 Å². The summed E-state index contributed by atoms with van der Waals surface area (Å²) in [6.45, 7) is 3.22. The number of thioether (sulfide) groups is 1. The van der Waals surface area contributed by atoms with E-state index in [-0.39, 0.29) is 5.91 Å². The average Bonchev–Trinajstić information content (AvgIpc) is 2.39. The van der Waals surface area contributed by atoms with Crippen molar-refractivity contribution in [3.05, 3.63) is 23.8 Å². The largest absolute Gasteiger partial charge is 0.397 e. The molecular weight excluding hydrogens is 246 g/mol. The second-order valence-electron chi connectivity index (χ2n) is 4.47. The number of anilines is 2. The predicted octanol–water partition coefficient (Wildman–Crippen LogP) is 1.57.